The Morgan fingerprint density at radius 3 is 2.59 bits per heavy atom. The first-order valence-corrected chi connectivity index (χ1v) is 7.20. The van der Waals surface area contributed by atoms with Gasteiger partial charge in [0.1, 0.15) is 0 Å². The molecule has 3 heteroatoms. The summed E-state index contributed by atoms with van der Waals surface area (Å²) in [6.07, 6.45) is 1.83. The number of hydrogen-bond acceptors (Lipinski definition) is 2. The fourth-order valence-corrected chi connectivity index (χ4v) is 2.86. The average Bonchev–Trinajstić information content (AvgIpc) is 2.55. The topological polar surface area (TPSA) is 34.9 Å². The molecule has 4 rings (SSSR count). The van der Waals surface area contributed by atoms with E-state index in [0.29, 0.717) is 0 Å². The van der Waals surface area contributed by atoms with Crippen LogP contribution in [0.25, 0.3) is 27.5 Å². The Hall–Kier alpha value is -2.94. The molecule has 0 spiro atoms. The van der Waals surface area contributed by atoms with Crippen molar-refractivity contribution in [3.63, 3.8) is 0 Å². The van der Waals surface area contributed by atoms with Crippen LogP contribution in [-0.2, 0) is 0 Å². The van der Waals surface area contributed by atoms with E-state index in [1.165, 1.54) is 0 Å². The lowest BCUT2D eigenvalue weighted by atomic mass is 10.1. The van der Waals surface area contributed by atoms with Crippen molar-refractivity contribution in [3.8, 4) is 5.69 Å². The number of aromatic nitrogens is 2. The predicted molar refractivity (Wildman–Crippen MR) is 89.6 cm³/mol. The van der Waals surface area contributed by atoms with Crippen molar-refractivity contribution in [1.29, 1.82) is 0 Å². The van der Waals surface area contributed by atoms with Gasteiger partial charge in [0, 0.05) is 28.7 Å². The molecule has 0 radical (unpaired) electrons. The average molecular weight is 286 g/mol. The van der Waals surface area contributed by atoms with Crippen LogP contribution in [0.3, 0.4) is 0 Å². The van der Waals surface area contributed by atoms with Gasteiger partial charge in [-0.1, -0.05) is 29.8 Å². The van der Waals surface area contributed by atoms with Crippen molar-refractivity contribution in [3.05, 3.63) is 82.8 Å². The Kier molecular flexibility index (Phi) is 2.79. The molecule has 0 N–H and O–H groups in total. The molecule has 0 aliphatic rings. The van der Waals surface area contributed by atoms with Crippen molar-refractivity contribution in [1.82, 2.24) is 9.55 Å². The highest BCUT2D eigenvalue weighted by Crippen LogP contribution is 2.25. The second-order valence-electron chi connectivity index (χ2n) is 5.43. The van der Waals surface area contributed by atoms with Crippen LogP contribution in [0.4, 0.5) is 0 Å². The number of benzene rings is 2. The van der Waals surface area contributed by atoms with E-state index in [-0.39, 0.29) is 5.56 Å². The minimum atomic E-state index is -0.0345. The van der Waals surface area contributed by atoms with Crippen molar-refractivity contribution < 1.29 is 0 Å². The molecule has 2 aromatic carbocycles. The smallest absolute Gasteiger partial charge is 0.255 e. The molecule has 2 aromatic heterocycles. The molecule has 0 amide bonds. The molecule has 0 atom stereocenters. The number of nitrogens with zero attached hydrogens (tertiary/aromatic N) is 2. The van der Waals surface area contributed by atoms with Gasteiger partial charge in [0.15, 0.2) is 0 Å². The first kappa shape index (κ1) is 12.8. The maximum absolute atomic E-state index is 12.5. The third-order valence-corrected chi connectivity index (χ3v) is 3.89. The summed E-state index contributed by atoms with van der Waals surface area (Å²) in [5.74, 6) is 0. The lowest BCUT2D eigenvalue weighted by molar-refractivity contribution is 1.05. The molecule has 106 valence electrons. The number of fused-ring (bicyclic) bond motifs is 3. The zero-order valence-electron chi connectivity index (χ0n) is 12.2. The van der Waals surface area contributed by atoms with Crippen molar-refractivity contribution in [2.75, 3.05) is 0 Å². The van der Waals surface area contributed by atoms with Gasteiger partial charge in [-0.2, -0.15) is 0 Å². The summed E-state index contributed by atoms with van der Waals surface area (Å²) < 4.78 is 1.76. The summed E-state index contributed by atoms with van der Waals surface area (Å²) >= 11 is 0. The summed E-state index contributed by atoms with van der Waals surface area (Å²) in [5, 5.41) is 1.96. The van der Waals surface area contributed by atoms with Crippen molar-refractivity contribution in [2.45, 2.75) is 6.92 Å². The fourth-order valence-electron chi connectivity index (χ4n) is 2.86. The highest BCUT2D eigenvalue weighted by atomic mass is 16.1. The molecule has 3 nitrogen and oxygen atoms in total. The highest BCUT2D eigenvalue weighted by molar-refractivity contribution is 6.04. The zero-order chi connectivity index (χ0) is 15.1. The van der Waals surface area contributed by atoms with Gasteiger partial charge in [0.05, 0.1) is 11.0 Å². The third kappa shape index (κ3) is 1.91. The lowest BCUT2D eigenvalue weighted by Crippen LogP contribution is -2.17. The minimum Gasteiger partial charge on any atom is -0.276 e. The Balaban J connectivity index is 2.26. The normalized spacial score (nSPS) is 11.1. The van der Waals surface area contributed by atoms with Crippen LogP contribution in [0.5, 0.6) is 0 Å². The Morgan fingerprint density at radius 1 is 0.955 bits per heavy atom. The van der Waals surface area contributed by atoms with E-state index in [9.17, 15) is 4.79 Å². The molecule has 0 unspecified atom stereocenters. The monoisotopic (exact) mass is 286 g/mol. The second kappa shape index (κ2) is 4.81. The highest BCUT2D eigenvalue weighted by Gasteiger charge is 2.10. The molecule has 0 bridgehead atoms. The van der Waals surface area contributed by atoms with Gasteiger partial charge in [-0.25, -0.2) is 0 Å². The summed E-state index contributed by atoms with van der Waals surface area (Å²) in [6, 6.07) is 19.3. The molecule has 0 aliphatic heterocycles. The number of hydrogen-bond donors (Lipinski definition) is 0. The van der Waals surface area contributed by atoms with E-state index >= 15 is 0 Å². The van der Waals surface area contributed by atoms with Gasteiger partial charge in [-0.3, -0.25) is 14.3 Å². The molecule has 4 aromatic rings. The van der Waals surface area contributed by atoms with E-state index in [2.05, 4.69) is 11.1 Å². The van der Waals surface area contributed by atoms with Gasteiger partial charge < -0.3 is 0 Å². The van der Waals surface area contributed by atoms with Crippen LogP contribution in [0.2, 0.25) is 0 Å². The standard InChI is InChI=1S/C19H14N2O/c1-13-7-9-17-16(11-13)19-14(12-20-17)8-10-18(22)21(19)15-5-3-2-4-6-15/h2-12H,1H3. The van der Waals surface area contributed by atoms with Crippen LogP contribution >= 0.6 is 0 Å². The van der Waals surface area contributed by atoms with Crippen LogP contribution in [0, 0.1) is 6.92 Å². The largest absolute Gasteiger partial charge is 0.276 e. The van der Waals surface area contributed by atoms with E-state index in [4.69, 9.17) is 0 Å². The molecule has 2 heterocycles. The molecule has 0 aliphatic carbocycles. The number of rotatable bonds is 1. The molecule has 0 saturated carbocycles. The maximum atomic E-state index is 12.5. The van der Waals surface area contributed by atoms with Gasteiger partial charge >= 0.3 is 0 Å². The van der Waals surface area contributed by atoms with Crippen LogP contribution < -0.4 is 5.56 Å². The molecule has 0 fully saturated rings. The van der Waals surface area contributed by atoms with Crippen LogP contribution in [0.1, 0.15) is 5.56 Å². The number of para-hydroxylation sites is 1. The van der Waals surface area contributed by atoms with E-state index in [1.54, 1.807) is 10.6 Å². The SMILES string of the molecule is Cc1ccc2ncc3ccc(=O)n(-c4ccccc4)c3c2c1. The van der Waals surface area contributed by atoms with Gasteiger partial charge in [-0.05, 0) is 37.3 Å². The molecular weight excluding hydrogens is 272 g/mol. The molecule has 0 saturated heterocycles. The summed E-state index contributed by atoms with van der Waals surface area (Å²) in [6.45, 7) is 2.05. The summed E-state index contributed by atoms with van der Waals surface area (Å²) in [4.78, 5) is 17.0. The number of pyridine rings is 2. The van der Waals surface area contributed by atoms with Gasteiger partial charge in [0.2, 0.25) is 0 Å². The van der Waals surface area contributed by atoms with E-state index < -0.39 is 0 Å². The molecular formula is C19H14N2O. The summed E-state index contributed by atoms with van der Waals surface area (Å²) in [7, 11) is 0. The van der Waals surface area contributed by atoms with Crippen LogP contribution in [-0.4, -0.2) is 9.55 Å². The minimum absolute atomic E-state index is 0.0345. The quantitative estimate of drug-likeness (QED) is 0.498. The van der Waals surface area contributed by atoms with Crippen molar-refractivity contribution in [2.24, 2.45) is 0 Å². The first-order valence-electron chi connectivity index (χ1n) is 7.20. The third-order valence-electron chi connectivity index (χ3n) is 3.89. The Labute approximate surface area is 127 Å². The first-order chi connectivity index (χ1) is 10.7. The summed E-state index contributed by atoms with van der Waals surface area (Å²) in [5.41, 5.74) is 3.79. The van der Waals surface area contributed by atoms with Gasteiger partial charge in [0.25, 0.3) is 5.56 Å². The van der Waals surface area contributed by atoms with Crippen molar-refractivity contribution >= 4 is 21.8 Å². The second-order valence-corrected chi connectivity index (χ2v) is 5.43. The lowest BCUT2D eigenvalue weighted by Gasteiger charge is -2.12. The maximum Gasteiger partial charge on any atom is 0.255 e. The Bertz CT molecular complexity index is 1050. The van der Waals surface area contributed by atoms with E-state index in [0.717, 1.165) is 33.1 Å². The van der Waals surface area contributed by atoms with E-state index in [1.807, 2.05) is 61.7 Å². The Morgan fingerprint density at radius 2 is 1.77 bits per heavy atom. The predicted octanol–water partition coefficient (Wildman–Crippen LogP) is 3.85. The fraction of sp³-hybridized carbons (Fsp3) is 0.0526. The van der Waals surface area contributed by atoms with Crippen LogP contribution in [0.15, 0.2) is 71.7 Å². The number of aryl methyl sites for hydroxylation is 1. The zero-order valence-corrected chi connectivity index (χ0v) is 12.2. The van der Waals surface area contributed by atoms with Gasteiger partial charge in [-0.15, -0.1) is 0 Å². The molecule has 22 heavy (non-hydrogen) atoms.